The van der Waals surface area contributed by atoms with Gasteiger partial charge in [0.25, 0.3) is 6.01 Å². The van der Waals surface area contributed by atoms with E-state index in [0.717, 1.165) is 17.5 Å². The highest BCUT2D eigenvalue weighted by atomic mass is 16.4. The number of anilines is 1. The average molecular weight is 247 g/mol. The second kappa shape index (κ2) is 4.98. The minimum Gasteiger partial charge on any atom is -0.424 e. The van der Waals surface area contributed by atoms with Crippen molar-refractivity contribution >= 4 is 17.1 Å². The lowest BCUT2D eigenvalue weighted by Crippen LogP contribution is -2.43. The van der Waals surface area contributed by atoms with Crippen molar-refractivity contribution in [2.75, 3.05) is 11.9 Å². The molecule has 3 N–H and O–H groups in total. The van der Waals surface area contributed by atoms with E-state index in [2.05, 4.69) is 31.1 Å². The molecule has 1 atom stereocenters. The molecule has 2 aromatic rings. The van der Waals surface area contributed by atoms with Crippen LogP contribution in [-0.4, -0.2) is 17.1 Å². The topological polar surface area (TPSA) is 64.1 Å². The average Bonchev–Trinajstić information content (AvgIpc) is 2.69. The molecule has 0 radical (unpaired) electrons. The normalized spacial score (nSPS) is 14.9. The van der Waals surface area contributed by atoms with E-state index in [4.69, 9.17) is 10.2 Å². The van der Waals surface area contributed by atoms with Gasteiger partial charge in [0.15, 0.2) is 5.58 Å². The van der Waals surface area contributed by atoms with Crippen LogP contribution in [0, 0.1) is 5.92 Å². The third-order valence-electron chi connectivity index (χ3n) is 3.01. The predicted octanol–water partition coefficient (Wildman–Crippen LogP) is 3.00. The highest BCUT2D eigenvalue weighted by Crippen LogP contribution is 2.24. The molecular weight excluding hydrogens is 226 g/mol. The zero-order valence-corrected chi connectivity index (χ0v) is 11.2. The van der Waals surface area contributed by atoms with Gasteiger partial charge in [-0.05, 0) is 31.4 Å². The van der Waals surface area contributed by atoms with Crippen LogP contribution >= 0.6 is 0 Å². The first-order chi connectivity index (χ1) is 8.52. The number of fused-ring (bicyclic) bond motifs is 1. The molecule has 0 fully saturated rings. The number of nitrogens with two attached hydrogens (primary N) is 1. The molecule has 2 rings (SSSR count). The smallest absolute Gasteiger partial charge is 0.296 e. The van der Waals surface area contributed by atoms with Crippen molar-refractivity contribution in [2.45, 2.75) is 32.7 Å². The molecule has 1 unspecified atom stereocenters. The second-order valence-corrected chi connectivity index (χ2v) is 5.47. The zero-order valence-electron chi connectivity index (χ0n) is 11.2. The maximum absolute atomic E-state index is 5.87. The Labute approximate surface area is 108 Å². The number of oxazole rings is 1. The summed E-state index contributed by atoms with van der Waals surface area (Å²) < 4.78 is 5.67. The molecule has 0 aliphatic carbocycles. The zero-order chi connectivity index (χ0) is 13.2. The SMILES string of the molecule is CC(C)CC(C)(CN)Nc1nc2ccccc2o1. The fraction of sp³-hybridized carbons (Fsp3) is 0.500. The lowest BCUT2D eigenvalue weighted by molar-refractivity contribution is 0.396. The highest BCUT2D eigenvalue weighted by Gasteiger charge is 2.25. The van der Waals surface area contributed by atoms with Gasteiger partial charge in [-0.1, -0.05) is 26.0 Å². The van der Waals surface area contributed by atoms with Gasteiger partial charge in [-0.25, -0.2) is 0 Å². The Bertz CT molecular complexity index is 487. The Hall–Kier alpha value is -1.55. The summed E-state index contributed by atoms with van der Waals surface area (Å²) in [6, 6.07) is 8.28. The van der Waals surface area contributed by atoms with Crippen LogP contribution in [0.3, 0.4) is 0 Å². The lowest BCUT2D eigenvalue weighted by Gasteiger charge is -2.30. The molecule has 0 amide bonds. The molecule has 1 aromatic heterocycles. The van der Waals surface area contributed by atoms with Crippen molar-refractivity contribution in [3.05, 3.63) is 24.3 Å². The number of rotatable bonds is 5. The Morgan fingerprint density at radius 1 is 1.39 bits per heavy atom. The number of benzene rings is 1. The third-order valence-corrected chi connectivity index (χ3v) is 3.01. The Balaban J connectivity index is 2.21. The van der Waals surface area contributed by atoms with Gasteiger partial charge in [0.1, 0.15) is 5.52 Å². The molecule has 0 saturated carbocycles. The van der Waals surface area contributed by atoms with E-state index in [1.54, 1.807) is 0 Å². The van der Waals surface area contributed by atoms with E-state index < -0.39 is 0 Å². The van der Waals surface area contributed by atoms with E-state index in [9.17, 15) is 0 Å². The number of nitrogens with zero attached hydrogens (tertiary/aromatic N) is 1. The summed E-state index contributed by atoms with van der Waals surface area (Å²) in [6.45, 7) is 7.01. The van der Waals surface area contributed by atoms with Crippen LogP contribution in [0.1, 0.15) is 27.2 Å². The standard InChI is InChI=1S/C14H21N3O/c1-10(2)8-14(3,9-15)17-13-16-11-6-4-5-7-12(11)18-13/h4-7,10H,8-9,15H2,1-3H3,(H,16,17). The molecule has 0 spiro atoms. The molecule has 0 aliphatic heterocycles. The van der Waals surface area contributed by atoms with Gasteiger partial charge in [-0.15, -0.1) is 0 Å². The van der Waals surface area contributed by atoms with Crippen molar-refractivity contribution in [2.24, 2.45) is 11.7 Å². The van der Waals surface area contributed by atoms with Gasteiger partial charge >= 0.3 is 0 Å². The van der Waals surface area contributed by atoms with E-state index >= 15 is 0 Å². The van der Waals surface area contributed by atoms with E-state index in [-0.39, 0.29) is 5.54 Å². The number of para-hydroxylation sites is 2. The molecule has 1 heterocycles. The fourth-order valence-electron chi connectivity index (χ4n) is 2.27. The summed E-state index contributed by atoms with van der Waals surface area (Å²) in [4.78, 5) is 4.42. The van der Waals surface area contributed by atoms with Crippen LogP contribution in [0.15, 0.2) is 28.7 Å². The molecular formula is C14H21N3O. The van der Waals surface area contributed by atoms with Crippen LogP contribution in [0.2, 0.25) is 0 Å². The van der Waals surface area contributed by atoms with Gasteiger partial charge in [0.2, 0.25) is 0 Å². The minimum absolute atomic E-state index is 0.185. The minimum atomic E-state index is -0.185. The Kier molecular flexibility index (Phi) is 3.57. The monoisotopic (exact) mass is 247 g/mol. The molecule has 0 bridgehead atoms. The molecule has 0 saturated heterocycles. The van der Waals surface area contributed by atoms with E-state index in [1.807, 2.05) is 24.3 Å². The number of hydrogen-bond acceptors (Lipinski definition) is 4. The number of hydrogen-bond donors (Lipinski definition) is 2. The van der Waals surface area contributed by atoms with Crippen molar-refractivity contribution in [1.82, 2.24) is 4.98 Å². The highest BCUT2D eigenvalue weighted by molar-refractivity contribution is 5.74. The fourth-order valence-corrected chi connectivity index (χ4v) is 2.27. The van der Waals surface area contributed by atoms with Crippen LogP contribution in [0.5, 0.6) is 0 Å². The van der Waals surface area contributed by atoms with Crippen LogP contribution < -0.4 is 11.1 Å². The molecule has 4 nitrogen and oxygen atoms in total. The first-order valence-corrected chi connectivity index (χ1v) is 6.36. The molecule has 18 heavy (non-hydrogen) atoms. The van der Waals surface area contributed by atoms with E-state index in [1.165, 1.54) is 0 Å². The summed E-state index contributed by atoms with van der Waals surface area (Å²) in [5, 5.41) is 3.32. The number of nitrogens with one attached hydrogen (secondary N) is 1. The van der Waals surface area contributed by atoms with E-state index in [0.29, 0.717) is 18.5 Å². The maximum Gasteiger partial charge on any atom is 0.296 e. The summed E-state index contributed by atoms with van der Waals surface area (Å²) in [7, 11) is 0. The lowest BCUT2D eigenvalue weighted by atomic mass is 9.91. The van der Waals surface area contributed by atoms with Crippen molar-refractivity contribution in [3.8, 4) is 0 Å². The van der Waals surface area contributed by atoms with Gasteiger partial charge in [-0.2, -0.15) is 4.98 Å². The first kappa shape index (κ1) is 12.9. The van der Waals surface area contributed by atoms with Crippen LogP contribution in [0.4, 0.5) is 6.01 Å². The van der Waals surface area contributed by atoms with Crippen LogP contribution in [-0.2, 0) is 0 Å². The van der Waals surface area contributed by atoms with Crippen molar-refractivity contribution in [1.29, 1.82) is 0 Å². The van der Waals surface area contributed by atoms with Gasteiger partial charge in [-0.3, -0.25) is 0 Å². The number of aromatic nitrogens is 1. The van der Waals surface area contributed by atoms with Crippen molar-refractivity contribution < 1.29 is 4.42 Å². The second-order valence-electron chi connectivity index (χ2n) is 5.47. The van der Waals surface area contributed by atoms with Crippen LogP contribution in [0.25, 0.3) is 11.1 Å². The summed E-state index contributed by atoms with van der Waals surface area (Å²) in [5.41, 5.74) is 7.34. The van der Waals surface area contributed by atoms with Crippen molar-refractivity contribution in [3.63, 3.8) is 0 Å². The third kappa shape index (κ3) is 2.82. The summed E-state index contributed by atoms with van der Waals surface area (Å²) in [5.74, 6) is 0.565. The van der Waals surface area contributed by atoms with Gasteiger partial charge < -0.3 is 15.5 Å². The first-order valence-electron chi connectivity index (χ1n) is 6.36. The maximum atomic E-state index is 5.87. The molecule has 4 heteroatoms. The molecule has 98 valence electrons. The predicted molar refractivity (Wildman–Crippen MR) is 74.5 cm³/mol. The summed E-state index contributed by atoms with van der Waals surface area (Å²) in [6.07, 6.45) is 0.974. The summed E-state index contributed by atoms with van der Waals surface area (Å²) >= 11 is 0. The molecule has 0 aliphatic rings. The van der Waals surface area contributed by atoms with Gasteiger partial charge in [0, 0.05) is 6.54 Å². The van der Waals surface area contributed by atoms with Gasteiger partial charge in [0.05, 0.1) is 5.54 Å². The quantitative estimate of drug-likeness (QED) is 0.852. The largest absolute Gasteiger partial charge is 0.424 e. The molecule has 1 aromatic carbocycles. The Morgan fingerprint density at radius 2 is 2.11 bits per heavy atom. The Morgan fingerprint density at radius 3 is 2.72 bits per heavy atom.